The molecule has 23 heavy (non-hydrogen) atoms. The number of hydrogen-bond donors (Lipinski definition) is 2. The molecule has 1 atom stereocenters. The Kier molecular flexibility index (Phi) is 5.19. The fourth-order valence-corrected chi connectivity index (χ4v) is 3.45. The van der Waals surface area contributed by atoms with Crippen LogP contribution in [0.2, 0.25) is 0 Å². The van der Waals surface area contributed by atoms with Gasteiger partial charge in [-0.3, -0.25) is 10.2 Å². The van der Waals surface area contributed by atoms with E-state index >= 15 is 0 Å². The van der Waals surface area contributed by atoms with Crippen molar-refractivity contribution in [3.8, 4) is 0 Å². The van der Waals surface area contributed by atoms with Gasteiger partial charge in [-0.25, -0.2) is 4.79 Å². The zero-order valence-corrected chi connectivity index (χ0v) is 14.0. The Bertz CT molecular complexity index is 639. The third-order valence-electron chi connectivity index (χ3n) is 3.97. The maximum atomic E-state index is 12.1. The Balaban J connectivity index is 1.61. The molecule has 1 aliphatic rings. The molecule has 7 heteroatoms. The average Bonchev–Trinajstić information content (AvgIpc) is 3.21. The van der Waals surface area contributed by atoms with E-state index < -0.39 is 0 Å². The Morgan fingerprint density at radius 1 is 1.26 bits per heavy atom. The summed E-state index contributed by atoms with van der Waals surface area (Å²) in [7, 11) is 0. The first kappa shape index (κ1) is 15.9. The molecular weight excluding hydrogens is 310 g/mol. The number of carbonyl (C=O) groups is 1. The molecule has 2 N–H and O–H groups in total. The van der Waals surface area contributed by atoms with Gasteiger partial charge in [0.15, 0.2) is 0 Å². The molecule has 0 bridgehead atoms. The first-order chi connectivity index (χ1) is 11.2. The van der Waals surface area contributed by atoms with E-state index in [2.05, 4.69) is 37.9 Å². The monoisotopic (exact) mass is 331 g/mol. The quantitative estimate of drug-likeness (QED) is 0.884. The van der Waals surface area contributed by atoms with E-state index in [4.69, 9.17) is 0 Å². The molecule has 0 saturated carbocycles. The minimum absolute atomic E-state index is 0.209. The van der Waals surface area contributed by atoms with E-state index in [1.54, 1.807) is 0 Å². The van der Waals surface area contributed by atoms with Crippen LogP contribution >= 0.6 is 11.3 Å². The predicted octanol–water partition coefficient (Wildman–Crippen LogP) is 2.81. The highest BCUT2D eigenvalue weighted by molar-refractivity contribution is 7.15. The third kappa shape index (κ3) is 4.27. The Morgan fingerprint density at radius 3 is 2.65 bits per heavy atom. The van der Waals surface area contributed by atoms with Crippen molar-refractivity contribution in [2.75, 3.05) is 25.0 Å². The maximum Gasteiger partial charge on any atom is 0.321 e. The number of benzene rings is 1. The van der Waals surface area contributed by atoms with E-state index in [1.807, 2.05) is 25.1 Å². The molecule has 6 nitrogen and oxygen atoms in total. The van der Waals surface area contributed by atoms with E-state index in [0.29, 0.717) is 11.7 Å². The van der Waals surface area contributed by atoms with Gasteiger partial charge in [0.05, 0.1) is 6.04 Å². The summed E-state index contributed by atoms with van der Waals surface area (Å²) in [5.41, 5.74) is 1.24. The first-order valence-corrected chi connectivity index (χ1v) is 8.68. The highest BCUT2D eigenvalue weighted by atomic mass is 32.1. The van der Waals surface area contributed by atoms with Crippen LogP contribution in [0.5, 0.6) is 0 Å². The number of amides is 2. The van der Waals surface area contributed by atoms with Crippen LogP contribution in [-0.2, 0) is 0 Å². The Morgan fingerprint density at radius 2 is 2.00 bits per heavy atom. The van der Waals surface area contributed by atoms with E-state index in [0.717, 1.165) is 18.1 Å². The SMILES string of the molecule is Cc1nnc(NC(=O)NC[C@H](c2ccccc2)N2CCCC2)s1. The largest absolute Gasteiger partial charge is 0.336 e. The van der Waals surface area contributed by atoms with Gasteiger partial charge < -0.3 is 5.32 Å². The molecule has 1 fully saturated rings. The number of urea groups is 1. The molecule has 0 unspecified atom stereocenters. The number of rotatable bonds is 5. The van der Waals surface area contributed by atoms with Crippen LogP contribution in [0, 0.1) is 6.92 Å². The molecule has 1 saturated heterocycles. The zero-order valence-electron chi connectivity index (χ0n) is 13.2. The standard InChI is InChI=1S/C16H21N5OS/c1-12-19-20-16(23-12)18-15(22)17-11-14(21-9-5-6-10-21)13-7-3-2-4-8-13/h2-4,7-8,14H,5-6,9-11H2,1H3,(H2,17,18,20,22)/t14-/m1/s1. The van der Waals surface area contributed by atoms with Crippen LogP contribution in [-0.4, -0.2) is 40.8 Å². The summed E-state index contributed by atoms with van der Waals surface area (Å²) < 4.78 is 0. The number of nitrogens with zero attached hydrogens (tertiary/aromatic N) is 3. The average molecular weight is 331 g/mol. The van der Waals surface area contributed by atoms with Crippen molar-refractivity contribution in [3.63, 3.8) is 0 Å². The number of anilines is 1. The predicted molar refractivity (Wildman–Crippen MR) is 91.7 cm³/mol. The summed E-state index contributed by atoms with van der Waals surface area (Å²) in [5.74, 6) is 0. The molecule has 2 heterocycles. The van der Waals surface area contributed by atoms with Crippen molar-refractivity contribution in [3.05, 3.63) is 40.9 Å². The van der Waals surface area contributed by atoms with Gasteiger partial charge in [-0.15, -0.1) is 10.2 Å². The summed E-state index contributed by atoms with van der Waals surface area (Å²) in [6.45, 7) is 4.60. The molecule has 1 aromatic heterocycles. The molecule has 1 aromatic carbocycles. The molecule has 1 aliphatic heterocycles. The minimum atomic E-state index is -0.235. The fourth-order valence-electron chi connectivity index (χ4n) is 2.86. The van der Waals surface area contributed by atoms with Gasteiger partial charge in [0, 0.05) is 6.54 Å². The second-order valence-corrected chi connectivity index (χ2v) is 6.81. The molecule has 2 aromatic rings. The molecule has 0 spiro atoms. The summed E-state index contributed by atoms with van der Waals surface area (Å²) in [6.07, 6.45) is 2.44. The van der Waals surface area contributed by atoms with Crippen LogP contribution < -0.4 is 10.6 Å². The van der Waals surface area contributed by atoms with E-state index in [-0.39, 0.29) is 12.1 Å². The lowest BCUT2D eigenvalue weighted by molar-refractivity contribution is 0.227. The fraction of sp³-hybridized carbons (Fsp3) is 0.438. The van der Waals surface area contributed by atoms with Crippen molar-refractivity contribution in [1.29, 1.82) is 0 Å². The molecular formula is C16H21N5OS. The van der Waals surface area contributed by atoms with Gasteiger partial charge in [-0.2, -0.15) is 0 Å². The highest BCUT2D eigenvalue weighted by Gasteiger charge is 2.23. The number of aryl methyl sites for hydroxylation is 1. The van der Waals surface area contributed by atoms with Crippen LogP contribution in [0.1, 0.15) is 29.5 Å². The summed E-state index contributed by atoms with van der Waals surface area (Å²) in [4.78, 5) is 14.5. The number of hydrogen-bond acceptors (Lipinski definition) is 5. The number of likely N-dealkylation sites (tertiary alicyclic amines) is 1. The van der Waals surface area contributed by atoms with Crippen molar-refractivity contribution >= 4 is 22.5 Å². The summed E-state index contributed by atoms with van der Waals surface area (Å²) >= 11 is 1.37. The van der Waals surface area contributed by atoms with Gasteiger partial charge in [-0.1, -0.05) is 41.7 Å². The molecule has 2 amide bonds. The van der Waals surface area contributed by atoms with Gasteiger partial charge >= 0.3 is 6.03 Å². The van der Waals surface area contributed by atoms with Gasteiger partial charge in [0.1, 0.15) is 5.01 Å². The smallest absolute Gasteiger partial charge is 0.321 e. The van der Waals surface area contributed by atoms with Gasteiger partial charge in [0.25, 0.3) is 0 Å². The summed E-state index contributed by atoms with van der Waals surface area (Å²) in [5, 5.41) is 14.9. The molecule has 0 aliphatic carbocycles. The summed E-state index contributed by atoms with van der Waals surface area (Å²) in [6, 6.07) is 10.3. The minimum Gasteiger partial charge on any atom is -0.336 e. The number of carbonyl (C=O) groups excluding carboxylic acids is 1. The maximum absolute atomic E-state index is 12.1. The van der Waals surface area contributed by atoms with Crippen molar-refractivity contribution in [1.82, 2.24) is 20.4 Å². The zero-order chi connectivity index (χ0) is 16.1. The topological polar surface area (TPSA) is 70.1 Å². The Labute approximate surface area is 139 Å². The van der Waals surface area contributed by atoms with Crippen molar-refractivity contribution in [2.45, 2.75) is 25.8 Å². The van der Waals surface area contributed by atoms with Gasteiger partial charge in [-0.05, 0) is 38.4 Å². The lowest BCUT2D eigenvalue weighted by atomic mass is 10.1. The molecule has 3 rings (SSSR count). The highest BCUT2D eigenvalue weighted by Crippen LogP contribution is 2.24. The van der Waals surface area contributed by atoms with E-state index in [1.165, 1.54) is 29.7 Å². The molecule has 122 valence electrons. The number of nitrogens with one attached hydrogen (secondary N) is 2. The molecule has 0 radical (unpaired) electrons. The second kappa shape index (κ2) is 7.52. The van der Waals surface area contributed by atoms with Crippen LogP contribution in [0.15, 0.2) is 30.3 Å². The Hall–Kier alpha value is -1.99. The van der Waals surface area contributed by atoms with Crippen LogP contribution in [0.25, 0.3) is 0 Å². The van der Waals surface area contributed by atoms with Crippen molar-refractivity contribution in [2.24, 2.45) is 0 Å². The lowest BCUT2D eigenvalue weighted by Crippen LogP contribution is -2.38. The van der Waals surface area contributed by atoms with E-state index in [9.17, 15) is 4.79 Å². The lowest BCUT2D eigenvalue weighted by Gasteiger charge is -2.28. The third-order valence-corrected chi connectivity index (χ3v) is 4.72. The normalized spacial score (nSPS) is 16.2. The number of aromatic nitrogens is 2. The van der Waals surface area contributed by atoms with Crippen LogP contribution in [0.3, 0.4) is 0 Å². The second-order valence-electron chi connectivity index (χ2n) is 5.63. The van der Waals surface area contributed by atoms with Crippen molar-refractivity contribution < 1.29 is 4.79 Å². The first-order valence-electron chi connectivity index (χ1n) is 7.86. The van der Waals surface area contributed by atoms with Gasteiger partial charge in [0.2, 0.25) is 5.13 Å². The van der Waals surface area contributed by atoms with Crippen LogP contribution in [0.4, 0.5) is 9.93 Å².